The van der Waals surface area contributed by atoms with E-state index in [9.17, 15) is 5.26 Å². The largest absolute Gasteiger partial charge is 0.383 e. The summed E-state index contributed by atoms with van der Waals surface area (Å²) in [5.74, 6) is 0.173. The summed E-state index contributed by atoms with van der Waals surface area (Å²) in [5, 5.41) is 10.6. The van der Waals surface area contributed by atoms with Crippen molar-refractivity contribution in [3.8, 4) is 28.5 Å². The summed E-state index contributed by atoms with van der Waals surface area (Å²) in [6, 6.07) is 15.1. The van der Waals surface area contributed by atoms with Crippen LogP contribution in [0.15, 0.2) is 46.9 Å². The maximum Gasteiger partial charge on any atom is 0.142 e. The van der Waals surface area contributed by atoms with E-state index in [1.165, 1.54) is 0 Å². The smallest absolute Gasteiger partial charge is 0.142 e. The van der Waals surface area contributed by atoms with Crippen LogP contribution in [-0.2, 0) is 0 Å². The molecule has 0 aliphatic carbocycles. The molecule has 0 spiro atoms. The van der Waals surface area contributed by atoms with E-state index in [1.807, 2.05) is 31.2 Å². The molecule has 0 saturated carbocycles. The molecule has 0 aliphatic heterocycles. The van der Waals surface area contributed by atoms with Crippen LogP contribution in [-0.4, -0.2) is 4.98 Å². The molecule has 3 rings (SSSR count). The fourth-order valence-corrected chi connectivity index (χ4v) is 3.49. The third kappa shape index (κ3) is 3.36. The first-order chi connectivity index (χ1) is 11.9. The summed E-state index contributed by atoms with van der Waals surface area (Å²) in [4.78, 5) is 4.45. The maximum atomic E-state index is 9.58. The number of aromatic nitrogens is 1. The van der Waals surface area contributed by atoms with E-state index < -0.39 is 0 Å². The Morgan fingerprint density at radius 2 is 1.80 bits per heavy atom. The van der Waals surface area contributed by atoms with Gasteiger partial charge in [0.25, 0.3) is 0 Å². The second-order valence-corrected chi connectivity index (χ2v) is 7.22. The van der Waals surface area contributed by atoms with E-state index in [0.717, 1.165) is 15.6 Å². The predicted octanol–water partition coefficient (Wildman–Crippen LogP) is 6.25. The Morgan fingerprint density at radius 3 is 2.40 bits per heavy atom. The molecule has 0 unspecified atom stereocenters. The third-order valence-corrected chi connectivity index (χ3v) is 4.98. The van der Waals surface area contributed by atoms with Crippen molar-refractivity contribution < 1.29 is 0 Å². The van der Waals surface area contributed by atoms with Crippen LogP contribution in [0.3, 0.4) is 0 Å². The van der Waals surface area contributed by atoms with E-state index in [2.05, 4.69) is 27.0 Å². The van der Waals surface area contributed by atoms with Gasteiger partial charge in [0.2, 0.25) is 0 Å². The highest BCUT2D eigenvalue weighted by Gasteiger charge is 2.20. The van der Waals surface area contributed by atoms with Crippen LogP contribution in [0.25, 0.3) is 22.4 Å². The number of hydrogen-bond donors (Lipinski definition) is 1. The average Bonchev–Trinajstić information content (AvgIpc) is 2.58. The number of pyridine rings is 1. The molecule has 0 bridgehead atoms. The topological polar surface area (TPSA) is 62.7 Å². The van der Waals surface area contributed by atoms with Gasteiger partial charge in [0, 0.05) is 31.2 Å². The fraction of sp³-hybridized carbons (Fsp3) is 0.0526. The molecule has 1 heterocycles. The van der Waals surface area contributed by atoms with Crippen molar-refractivity contribution in [2.24, 2.45) is 0 Å². The predicted molar refractivity (Wildman–Crippen MR) is 107 cm³/mol. The van der Waals surface area contributed by atoms with Crippen molar-refractivity contribution in [2.75, 3.05) is 5.73 Å². The lowest BCUT2D eigenvalue weighted by Crippen LogP contribution is -2.03. The molecule has 0 amide bonds. The quantitative estimate of drug-likeness (QED) is 0.520. The zero-order valence-corrected chi connectivity index (χ0v) is 16.2. The molecular weight excluding hydrogens is 421 g/mol. The molecule has 0 radical (unpaired) electrons. The zero-order valence-electron chi connectivity index (χ0n) is 13.1. The molecule has 3 nitrogen and oxygen atoms in total. The number of hydrogen-bond acceptors (Lipinski definition) is 3. The summed E-state index contributed by atoms with van der Waals surface area (Å²) in [5.41, 5.74) is 10.2. The Labute approximate surface area is 164 Å². The van der Waals surface area contributed by atoms with Crippen LogP contribution in [0, 0.1) is 18.3 Å². The summed E-state index contributed by atoms with van der Waals surface area (Å²) in [6.07, 6.45) is 0. The first-order valence-electron chi connectivity index (χ1n) is 7.34. The van der Waals surface area contributed by atoms with Crippen molar-refractivity contribution in [3.05, 3.63) is 68.1 Å². The number of halogens is 3. The lowest BCUT2D eigenvalue weighted by Gasteiger charge is -2.16. The van der Waals surface area contributed by atoms with E-state index in [-0.39, 0.29) is 5.82 Å². The SMILES string of the molecule is Cc1c(-c2ccc(Br)cc2)nc(N)c(C#N)c1-c1ccc(Cl)cc1Cl. The number of nitrogen functional groups attached to an aromatic ring is 1. The molecule has 0 saturated heterocycles. The van der Waals surface area contributed by atoms with Gasteiger partial charge in [-0.1, -0.05) is 57.3 Å². The van der Waals surface area contributed by atoms with Gasteiger partial charge in [-0.15, -0.1) is 0 Å². The molecule has 0 fully saturated rings. The third-order valence-electron chi connectivity index (χ3n) is 3.90. The van der Waals surface area contributed by atoms with Crippen LogP contribution in [0.2, 0.25) is 10.0 Å². The monoisotopic (exact) mass is 431 g/mol. The van der Waals surface area contributed by atoms with Gasteiger partial charge >= 0.3 is 0 Å². The molecule has 3 aromatic rings. The van der Waals surface area contributed by atoms with Crippen molar-refractivity contribution in [2.45, 2.75) is 6.92 Å². The van der Waals surface area contributed by atoms with Crippen molar-refractivity contribution in [3.63, 3.8) is 0 Å². The van der Waals surface area contributed by atoms with E-state index in [1.54, 1.807) is 18.2 Å². The van der Waals surface area contributed by atoms with E-state index in [4.69, 9.17) is 28.9 Å². The molecule has 0 aliphatic rings. The Hall–Kier alpha value is -2.06. The second-order valence-electron chi connectivity index (χ2n) is 5.46. The molecule has 0 atom stereocenters. The van der Waals surface area contributed by atoms with Gasteiger partial charge in [-0.2, -0.15) is 5.26 Å². The Bertz CT molecular complexity index is 1010. The fourth-order valence-electron chi connectivity index (χ4n) is 2.73. The van der Waals surface area contributed by atoms with Gasteiger partial charge in [-0.3, -0.25) is 0 Å². The van der Waals surface area contributed by atoms with Gasteiger partial charge in [-0.05, 0) is 36.8 Å². The number of rotatable bonds is 2. The molecule has 25 heavy (non-hydrogen) atoms. The lowest BCUT2D eigenvalue weighted by molar-refractivity contribution is 1.26. The first-order valence-corrected chi connectivity index (χ1v) is 8.88. The first kappa shape index (κ1) is 17.8. The summed E-state index contributed by atoms with van der Waals surface area (Å²) in [7, 11) is 0. The molecule has 6 heteroatoms. The number of nitrogens with two attached hydrogens (primary N) is 1. The van der Waals surface area contributed by atoms with Gasteiger partial charge < -0.3 is 5.73 Å². The van der Waals surface area contributed by atoms with E-state index in [0.29, 0.717) is 32.4 Å². The van der Waals surface area contributed by atoms with Gasteiger partial charge in [0.15, 0.2) is 0 Å². The Kier molecular flexibility index (Phi) is 5.01. The lowest BCUT2D eigenvalue weighted by atomic mass is 9.93. The van der Waals surface area contributed by atoms with Gasteiger partial charge in [-0.25, -0.2) is 4.98 Å². The molecule has 2 aromatic carbocycles. The summed E-state index contributed by atoms with van der Waals surface area (Å²) in [6.45, 7) is 1.91. The average molecular weight is 433 g/mol. The van der Waals surface area contributed by atoms with Crippen LogP contribution in [0.1, 0.15) is 11.1 Å². The van der Waals surface area contributed by atoms with Crippen molar-refractivity contribution in [1.82, 2.24) is 4.98 Å². The van der Waals surface area contributed by atoms with Crippen LogP contribution in [0.4, 0.5) is 5.82 Å². The van der Waals surface area contributed by atoms with Crippen LogP contribution < -0.4 is 5.73 Å². The minimum absolute atomic E-state index is 0.173. The molecule has 1 aromatic heterocycles. The highest BCUT2D eigenvalue weighted by atomic mass is 79.9. The van der Waals surface area contributed by atoms with Crippen molar-refractivity contribution in [1.29, 1.82) is 5.26 Å². The molecule has 2 N–H and O–H groups in total. The zero-order chi connectivity index (χ0) is 18.1. The van der Waals surface area contributed by atoms with Crippen LogP contribution >= 0.6 is 39.1 Å². The maximum absolute atomic E-state index is 9.58. The van der Waals surface area contributed by atoms with Crippen LogP contribution in [0.5, 0.6) is 0 Å². The minimum Gasteiger partial charge on any atom is -0.383 e. The Balaban J connectivity index is 2.34. The molecular formula is C19H12BrCl2N3. The van der Waals surface area contributed by atoms with Gasteiger partial charge in [0.1, 0.15) is 17.5 Å². The Morgan fingerprint density at radius 1 is 1.12 bits per heavy atom. The number of anilines is 1. The van der Waals surface area contributed by atoms with Crippen molar-refractivity contribution >= 4 is 44.9 Å². The van der Waals surface area contributed by atoms with Gasteiger partial charge in [0.05, 0.1) is 5.69 Å². The van der Waals surface area contributed by atoms with E-state index >= 15 is 0 Å². The number of nitrogens with zero attached hydrogens (tertiary/aromatic N) is 2. The minimum atomic E-state index is 0.173. The highest BCUT2D eigenvalue weighted by Crippen LogP contribution is 2.39. The number of benzene rings is 2. The number of nitriles is 1. The summed E-state index contributed by atoms with van der Waals surface area (Å²) >= 11 is 15.8. The second kappa shape index (κ2) is 7.05. The standard InChI is InChI=1S/C19H12BrCl2N3/c1-10-17(14-7-6-13(21)8-16(14)22)15(9-23)19(24)25-18(10)11-2-4-12(20)5-3-11/h2-8H,1H3,(H2,24,25). The molecule has 124 valence electrons. The highest BCUT2D eigenvalue weighted by molar-refractivity contribution is 9.10. The normalized spacial score (nSPS) is 10.5. The summed E-state index contributed by atoms with van der Waals surface area (Å²) < 4.78 is 0.969.